The standard InChI is InChI=1S/C14H19NOS/c1-9-3-4-17-13(9)8-15(2)14(16)12-6-10-5-11(10)7-12/h3-4,10-12H,5-8H2,1-2H3. The minimum Gasteiger partial charge on any atom is -0.340 e. The molecule has 2 aliphatic rings. The number of carbonyl (C=O) groups excluding carboxylic acids is 1. The monoisotopic (exact) mass is 249 g/mol. The van der Waals surface area contributed by atoms with Crippen LogP contribution in [0.4, 0.5) is 0 Å². The first-order valence-corrected chi connectivity index (χ1v) is 7.31. The molecule has 1 amide bonds. The molecule has 1 heterocycles. The van der Waals surface area contributed by atoms with Crippen LogP contribution in [0.25, 0.3) is 0 Å². The van der Waals surface area contributed by atoms with Gasteiger partial charge in [-0.3, -0.25) is 4.79 Å². The predicted octanol–water partition coefficient (Wildman–Crippen LogP) is 3.06. The number of fused-ring (bicyclic) bond motifs is 1. The molecule has 0 spiro atoms. The fourth-order valence-corrected chi connectivity index (χ4v) is 4.05. The Kier molecular flexibility index (Phi) is 2.74. The van der Waals surface area contributed by atoms with Gasteiger partial charge in [-0.1, -0.05) is 0 Å². The lowest BCUT2D eigenvalue weighted by atomic mass is 10.0. The molecule has 17 heavy (non-hydrogen) atoms. The van der Waals surface area contributed by atoms with E-state index in [4.69, 9.17) is 0 Å². The van der Waals surface area contributed by atoms with Crippen molar-refractivity contribution in [3.05, 3.63) is 21.9 Å². The van der Waals surface area contributed by atoms with Crippen LogP contribution in [0, 0.1) is 24.7 Å². The highest BCUT2D eigenvalue weighted by atomic mass is 32.1. The van der Waals surface area contributed by atoms with Gasteiger partial charge in [0.2, 0.25) is 5.91 Å². The zero-order valence-corrected chi connectivity index (χ0v) is 11.3. The van der Waals surface area contributed by atoms with Crippen molar-refractivity contribution < 1.29 is 4.79 Å². The van der Waals surface area contributed by atoms with Crippen molar-refractivity contribution in [2.45, 2.75) is 32.7 Å². The van der Waals surface area contributed by atoms with Crippen LogP contribution in [-0.4, -0.2) is 17.9 Å². The minimum absolute atomic E-state index is 0.323. The first kappa shape index (κ1) is 11.3. The number of aryl methyl sites for hydroxylation is 1. The third kappa shape index (κ3) is 2.13. The number of nitrogens with zero attached hydrogens (tertiary/aromatic N) is 1. The summed E-state index contributed by atoms with van der Waals surface area (Å²) in [4.78, 5) is 15.5. The highest BCUT2D eigenvalue weighted by molar-refractivity contribution is 7.10. The van der Waals surface area contributed by atoms with E-state index in [0.717, 1.165) is 31.2 Å². The van der Waals surface area contributed by atoms with E-state index in [2.05, 4.69) is 18.4 Å². The molecule has 2 atom stereocenters. The molecule has 0 saturated heterocycles. The second-order valence-corrected chi connectivity index (χ2v) is 6.65. The Morgan fingerprint density at radius 2 is 2.12 bits per heavy atom. The van der Waals surface area contributed by atoms with E-state index in [1.807, 2.05) is 11.9 Å². The SMILES string of the molecule is Cc1ccsc1CN(C)C(=O)C1CC2CC2C1. The van der Waals surface area contributed by atoms with Gasteiger partial charge in [-0.15, -0.1) is 11.3 Å². The van der Waals surface area contributed by atoms with Gasteiger partial charge >= 0.3 is 0 Å². The van der Waals surface area contributed by atoms with Crippen molar-refractivity contribution in [3.8, 4) is 0 Å². The molecule has 3 heteroatoms. The molecule has 0 aliphatic heterocycles. The lowest BCUT2D eigenvalue weighted by Gasteiger charge is -2.21. The highest BCUT2D eigenvalue weighted by Gasteiger charge is 2.48. The minimum atomic E-state index is 0.323. The number of thiophene rings is 1. The zero-order chi connectivity index (χ0) is 12.0. The Bertz CT molecular complexity index is 429. The normalized spacial score (nSPS) is 30.1. The molecule has 0 aromatic carbocycles. The summed E-state index contributed by atoms with van der Waals surface area (Å²) < 4.78 is 0. The van der Waals surface area contributed by atoms with Gasteiger partial charge in [-0.25, -0.2) is 0 Å². The van der Waals surface area contributed by atoms with E-state index in [-0.39, 0.29) is 0 Å². The van der Waals surface area contributed by atoms with Gasteiger partial charge in [0.15, 0.2) is 0 Å². The molecular formula is C14H19NOS. The topological polar surface area (TPSA) is 20.3 Å². The Morgan fingerprint density at radius 3 is 2.71 bits per heavy atom. The van der Waals surface area contributed by atoms with Crippen LogP contribution in [0.2, 0.25) is 0 Å². The molecule has 3 rings (SSSR count). The molecule has 0 N–H and O–H groups in total. The van der Waals surface area contributed by atoms with Crippen molar-refractivity contribution in [2.75, 3.05) is 7.05 Å². The quantitative estimate of drug-likeness (QED) is 0.806. The number of rotatable bonds is 3. The number of hydrogen-bond acceptors (Lipinski definition) is 2. The van der Waals surface area contributed by atoms with Crippen LogP contribution in [0.3, 0.4) is 0 Å². The first-order valence-electron chi connectivity index (χ1n) is 6.43. The Balaban J connectivity index is 1.60. The van der Waals surface area contributed by atoms with Crippen LogP contribution in [0.1, 0.15) is 29.7 Å². The van der Waals surface area contributed by atoms with E-state index < -0.39 is 0 Å². The average Bonchev–Trinajstić information content (AvgIpc) is 2.72. The zero-order valence-electron chi connectivity index (χ0n) is 10.5. The first-order chi connectivity index (χ1) is 8.15. The molecule has 2 unspecified atom stereocenters. The summed E-state index contributed by atoms with van der Waals surface area (Å²) >= 11 is 1.75. The smallest absolute Gasteiger partial charge is 0.225 e. The number of carbonyl (C=O) groups is 1. The maximum atomic E-state index is 12.3. The van der Waals surface area contributed by atoms with Crippen LogP contribution in [0.15, 0.2) is 11.4 Å². The van der Waals surface area contributed by atoms with E-state index in [1.165, 1.54) is 16.9 Å². The van der Waals surface area contributed by atoms with Crippen LogP contribution < -0.4 is 0 Å². The van der Waals surface area contributed by atoms with Crippen LogP contribution in [0.5, 0.6) is 0 Å². The summed E-state index contributed by atoms with van der Waals surface area (Å²) in [6.45, 7) is 2.91. The third-order valence-electron chi connectivity index (χ3n) is 4.32. The predicted molar refractivity (Wildman–Crippen MR) is 69.9 cm³/mol. The van der Waals surface area contributed by atoms with E-state index >= 15 is 0 Å². The molecule has 1 aromatic heterocycles. The molecule has 2 nitrogen and oxygen atoms in total. The fraction of sp³-hybridized carbons (Fsp3) is 0.643. The fourth-order valence-electron chi connectivity index (χ4n) is 3.09. The average molecular weight is 249 g/mol. The summed E-state index contributed by atoms with van der Waals surface area (Å²) in [7, 11) is 1.95. The van der Waals surface area contributed by atoms with Crippen LogP contribution in [-0.2, 0) is 11.3 Å². The Morgan fingerprint density at radius 1 is 1.41 bits per heavy atom. The summed E-state index contributed by atoms with van der Waals surface area (Å²) in [6, 6.07) is 2.13. The molecule has 0 bridgehead atoms. The van der Waals surface area contributed by atoms with Crippen molar-refractivity contribution in [3.63, 3.8) is 0 Å². The largest absolute Gasteiger partial charge is 0.340 e. The van der Waals surface area contributed by atoms with Crippen molar-refractivity contribution in [2.24, 2.45) is 17.8 Å². The number of hydrogen-bond donors (Lipinski definition) is 0. The van der Waals surface area contributed by atoms with Gasteiger partial charge in [0.1, 0.15) is 0 Å². The molecule has 2 aliphatic carbocycles. The molecule has 2 fully saturated rings. The molecule has 92 valence electrons. The summed E-state index contributed by atoms with van der Waals surface area (Å²) in [5.74, 6) is 2.47. The van der Waals surface area contributed by atoms with Crippen molar-refractivity contribution in [1.82, 2.24) is 4.90 Å². The summed E-state index contributed by atoms with van der Waals surface area (Å²) in [6.07, 6.45) is 3.69. The van der Waals surface area contributed by atoms with Gasteiger partial charge in [0.25, 0.3) is 0 Å². The van der Waals surface area contributed by atoms with E-state index in [0.29, 0.717) is 11.8 Å². The van der Waals surface area contributed by atoms with Gasteiger partial charge < -0.3 is 4.90 Å². The highest BCUT2D eigenvalue weighted by Crippen LogP contribution is 2.54. The van der Waals surface area contributed by atoms with Gasteiger partial charge in [-0.05, 0) is 55.0 Å². The van der Waals surface area contributed by atoms with E-state index in [9.17, 15) is 4.79 Å². The van der Waals surface area contributed by atoms with Crippen LogP contribution >= 0.6 is 11.3 Å². The summed E-state index contributed by atoms with van der Waals surface area (Å²) in [5.41, 5.74) is 1.31. The molecular weight excluding hydrogens is 230 g/mol. The second-order valence-electron chi connectivity index (χ2n) is 5.65. The van der Waals surface area contributed by atoms with Crippen molar-refractivity contribution >= 4 is 17.2 Å². The van der Waals surface area contributed by atoms with E-state index in [1.54, 1.807) is 11.3 Å². The Hall–Kier alpha value is -0.830. The van der Waals surface area contributed by atoms with Gasteiger partial charge in [0.05, 0.1) is 6.54 Å². The van der Waals surface area contributed by atoms with Crippen molar-refractivity contribution in [1.29, 1.82) is 0 Å². The maximum absolute atomic E-state index is 12.3. The molecule has 1 aromatic rings. The van der Waals surface area contributed by atoms with Gasteiger partial charge in [-0.2, -0.15) is 0 Å². The second kappa shape index (κ2) is 4.13. The lowest BCUT2D eigenvalue weighted by Crippen LogP contribution is -2.31. The third-order valence-corrected chi connectivity index (χ3v) is 5.33. The Labute approximate surface area is 107 Å². The van der Waals surface area contributed by atoms with Gasteiger partial charge in [0, 0.05) is 17.8 Å². The summed E-state index contributed by atoms with van der Waals surface area (Å²) in [5, 5.41) is 2.10. The molecule has 2 saturated carbocycles. The maximum Gasteiger partial charge on any atom is 0.225 e. The molecule has 0 radical (unpaired) electrons. The lowest BCUT2D eigenvalue weighted by molar-refractivity contribution is -0.134. The number of amides is 1.